The van der Waals surface area contributed by atoms with Gasteiger partial charge in [0, 0.05) is 32.7 Å². The van der Waals surface area contributed by atoms with Crippen molar-refractivity contribution >= 4 is 16.0 Å². The first kappa shape index (κ1) is 18.2. The highest BCUT2D eigenvalue weighted by Crippen LogP contribution is 2.28. The van der Waals surface area contributed by atoms with Gasteiger partial charge in [0.05, 0.1) is 5.75 Å². The first-order chi connectivity index (χ1) is 9.79. The van der Waals surface area contributed by atoms with Crippen LogP contribution in [0.4, 0.5) is 0 Å². The minimum absolute atomic E-state index is 0.127. The molecule has 1 aliphatic heterocycles. The molecule has 1 rings (SSSR count). The number of hydrogen-bond donors (Lipinski definition) is 2. The molecule has 21 heavy (non-hydrogen) atoms. The maximum absolute atomic E-state index is 11.3. The van der Waals surface area contributed by atoms with Gasteiger partial charge in [0.2, 0.25) is 10.0 Å². The van der Waals surface area contributed by atoms with Gasteiger partial charge < -0.3 is 10.2 Å². The van der Waals surface area contributed by atoms with Crippen molar-refractivity contribution in [3.05, 3.63) is 0 Å². The lowest BCUT2D eigenvalue weighted by atomic mass is 9.93. The number of hydrogen-bond acceptors (Lipinski definition) is 3. The number of likely N-dealkylation sites (tertiary alicyclic amines) is 1. The van der Waals surface area contributed by atoms with Gasteiger partial charge in [0.1, 0.15) is 0 Å². The lowest BCUT2D eigenvalue weighted by molar-refractivity contribution is 0.370. The van der Waals surface area contributed by atoms with E-state index in [1.807, 2.05) is 0 Å². The molecule has 1 aliphatic rings. The van der Waals surface area contributed by atoms with Gasteiger partial charge in [-0.1, -0.05) is 13.8 Å². The maximum atomic E-state index is 11.3. The molecule has 0 bridgehead atoms. The number of nitrogens with one attached hydrogen (secondary N) is 2. The smallest absolute Gasteiger partial charge is 0.211 e. The number of nitrogens with zero attached hydrogens (tertiary/aromatic N) is 2. The second-order valence-electron chi connectivity index (χ2n) is 6.22. The molecule has 0 aromatic rings. The fourth-order valence-corrected chi connectivity index (χ4v) is 2.97. The summed E-state index contributed by atoms with van der Waals surface area (Å²) in [4.78, 5) is 6.89. The van der Waals surface area contributed by atoms with Crippen LogP contribution in [0.3, 0.4) is 0 Å². The Hall–Kier alpha value is -0.820. The van der Waals surface area contributed by atoms with E-state index in [-0.39, 0.29) is 5.75 Å². The maximum Gasteiger partial charge on any atom is 0.211 e. The lowest BCUT2D eigenvalue weighted by Crippen LogP contribution is -2.41. The Morgan fingerprint density at radius 1 is 1.33 bits per heavy atom. The zero-order valence-electron chi connectivity index (χ0n) is 13.8. The van der Waals surface area contributed by atoms with Gasteiger partial charge in [-0.15, -0.1) is 0 Å². The number of sulfonamides is 1. The average molecular weight is 318 g/mol. The second kappa shape index (κ2) is 7.98. The molecule has 7 heteroatoms. The predicted molar refractivity (Wildman–Crippen MR) is 88.0 cm³/mol. The second-order valence-corrected chi connectivity index (χ2v) is 8.32. The SMILES string of the molecule is CCNC(=NCCCNS(=O)(=O)CC)N1CCC(C)(C)C1. The largest absolute Gasteiger partial charge is 0.357 e. The Bertz CT molecular complexity index is 446. The van der Waals surface area contributed by atoms with Crippen LogP contribution in [0.15, 0.2) is 4.99 Å². The van der Waals surface area contributed by atoms with Crippen molar-refractivity contribution in [2.24, 2.45) is 10.4 Å². The monoisotopic (exact) mass is 318 g/mol. The molecule has 124 valence electrons. The standard InChI is InChI=1S/C14H30N4O2S/c1-5-15-13(18-11-8-14(3,4)12-18)16-9-7-10-17-21(19,20)6-2/h17H,5-12H2,1-4H3,(H,15,16). The van der Waals surface area contributed by atoms with E-state index in [2.05, 4.69) is 40.7 Å². The van der Waals surface area contributed by atoms with Crippen molar-refractivity contribution in [3.8, 4) is 0 Å². The molecule has 1 saturated heterocycles. The Morgan fingerprint density at radius 2 is 2.05 bits per heavy atom. The lowest BCUT2D eigenvalue weighted by Gasteiger charge is -2.23. The highest BCUT2D eigenvalue weighted by molar-refractivity contribution is 7.89. The van der Waals surface area contributed by atoms with E-state index in [1.54, 1.807) is 6.92 Å². The van der Waals surface area contributed by atoms with Crippen LogP contribution in [0.5, 0.6) is 0 Å². The van der Waals surface area contributed by atoms with E-state index >= 15 is 0 Å². The Morgan fingerprint density at radius 3 is 2.57 bits per heavy atom. The van der Waals surface area contributed by atoms with Crippen LogP contribution in [-0.2, 0) is 10.0 Å². The molecule has 0 atom stereocenters. The molecule has 0 aliphatic carbocycles. The minimum Gasteiger partial charge on any atom is -0.357 e. The number of rotatable bonds is 7. The Labute approximate surface area is 129 Å². The minimum atomic E-state index is -3.09. The van der Waals surface area contributed by atoms with Gasteiger partial charge in [0.25, 0.3) is 0 Å². The summed E-state index contributed by atoms with van der Waals surface area (Å²) in [5.74, 6) is 1.07. The summed E-state index contributed by atoms with van der Waals surface area (Å²) in [6.07, 6.45) is 1.89. The van der Waals surface area contributed by atoms with Crippen LogP contribution in [0, 0.1) is 5.41 Å². The molecule has 0 radical (unpaired) electrons. The van der Waals surface area contributed by atoms with Crippen molar-refractivity contribution in [2.45, 2.75) is 40.5 Å². The van der Waals surface area contributed by atoms with E-state index in [9.17, 15) is 8.42 Å². The van der Waals surface area contributed by atoms with Crippen molar-refractivity contribution in [1.29, 1.82) is 0 Å². The molecule has 0 aromatic carbocycles. The first-order valence-corrected chi connectivity index (χ1v) is 9.45. The van der Waals surface area contributed by atoms with Crippen LogP contribution < -0.4 is 10.0 Å². The predicted octanol–water partition coefficient (Wildman–Crippen LogP) is 1.01. The van der Waals surface area contributed by atoms with Crippen LogP contribution in [0.2, 0.25) is 0 Å². The fourth-order valence-electron chi connectivity index (χ4n) is 2.31. The Kier molecular flexibility index (Phi) is 6.93. The molecular weight excluding hydrogens is 288 g/mol. The van der Waals surface area contributed by atoms with E-state index in [1.165, 1.54) is 6.42 Å². The molecule has 1 heterocycles. The highest BCUT2D eigenvalue weighted by Gasteiger charge is 2.30. The first-order valence-electron chi connectivity index (χ1n) is 7.80. The van der Waals surface area contributed by atoms with Gasteiger partial charge in [-0.25, -0.2) is 13.1 Å². The van der Waals surface area contributed by atoms with Gasteiger partial charge in [-0.2, -0.15) is 0 Å². The quantitative estimate of drug-likeness (QED) is 0.417. The molecule has 0 aromatic heterocycles. The van der Waals surface area contributed by atoms with Crippen molar-refractivity contribution in [3.63, 3.8) is 0 Å². The summed E-state index contributed by atoms with van der Waals surface area (Å²) < 4.78 is 25.2. The third-order valence-corrected chi connectivity index (χ3v) is 5.01. The van der Waals surface area contributed by atoms with Gasteiger partial charge in [0.15, 0.2) is 5.96 Å². The van der Waals surface area contributed by atoms with Crippen molar-refractivity contribution in [2.75, 3.05) is 38.5 Å². The summed E-state index contributed by atoms with van der Waals surface area (Å²) in [5.41, 5.74) is 0.340. The zero-order chi connectivity index (χ0) is 15.9. The molecule has 2 N–H and O–H groups in total. The zero-order valence-corrected chi connectivity index (χ0v) is 14.6. The number of aliphatic imine (C=N–C) groups is 1. The summed E-state index contributed by atoms with van der Waals surface area (Å²) in [7, 11) is -3.09. The fraction of sp³-hybridized carbons (Fsp3) is 0.929. The molecule has 0 spiro atoms. The van der Waals surface area contributed by atoms with Crippen molar-refractivity contribution in [1.82, 2.24) is 14.9 Å². The molecule has 6 nitrogen and oxygen atoms in total. The van der Waals surface area contributed by atoms with Crippen LogP contribution in [0.1, 0.15) is 40.5 Å². The van der Waals surface area contributed by atoms with E-state index in [0.29, 0.717) is 24.9 Å². The molecule has 0 unspecified atom stereocenters. The van der Waals surface area contributed by atoms with Gasteiger partial charge >= 0.3 is 0 Å². The summed E-state index contributed by atoms with van der Waals surface area (Å²) in [5, 5.41) is 3.32. The van der Waals surface area contributed by atoms with Gasteiger partial charge in [-0.3, -0.25) is 4.99 Å². The van der Waals surface area contributed by atoms with E-state index < -0.39 is 10.0 Å². The van der Waals surface area contributed by atoms with E-state index in [0.717, 1.165) is 25.6 Å². The van der Waals surface area contributed by atoms with Crippen molar-refractivity contribution < 1.29 is 8.42 Å². The average Bonchev–Trinajstić information content (AvgIpc) is 2.77. The summed E-state index contributed by atoms with van der Waals surface area (Å²) >= 11 is 0. The molecular formula is C14H30N4O2S. The van der Waals surface area contributed by atoms with Crippen LogP contribution in [0.25, 0.3) is 0 Å². The topological polar surface area (TPSA) is 73.8 Å². The third kappa shape index (κ3) is 6.65. The third-order valence-electron chi connectivity index (χ3n) is 3.61. The summed E-state index contributed by atoms with van der Waals surface area (Å²) in [6.45, 7) is 12.2. The molecule has 1 fully saturated rings. The van der Waals surface area contributed by atoms with Crippen LogP contribution >= 0.6 is 0 Å². The number of guanidine groups is 1. The normalized spacial score (nSPS) is 19.0. The molecule has 0 saturated carbocycles. The highest BCUT2D eigenvalue weighted by atomic mass is 32.2. The van der Waals surface area contributed by atoms with Crippen LogP contribution in [-0.4, -0.2) is 57.8 Å². The molecule has 0 amide bonds. The Balaban J connectivity index is 2.43. The summed E-state index contributed by atoms with van der Waals surface area (Å²) in [6, 6.07) is 0. The van der Waals surface area contributed by atoms with Gasteiger partial charge in [-0.05, 0) is 32.1 Å². The van der Waals surface area contributed by atoms with E-state index in [4.69, 9.17) is 0 Å².